The fraction of sp³-hybridized carbons (Fsp3) is 0.300. The summed E-state index contributed by atoms with van der Waals surface area (Å²) < 4.78 is 0. The number of aryl methyl sites for hydroxylation is 1. The molecule has 2 aromatic heterocycles. The Balaban J connectivity index is 2.42. The lowest BCUT2D eigenvalue weighted by Crippen LogP contribution is -1.93. The zero-order valence-corrected chi connectivity index (χ0v) is 9.32. The van der Waals surface area contributed by atoms with Gasteiger partial charge in [0, 0.05) is 17.8 Å². The van der Waals surface area contributed by atoms with E-state index in [4.69, 9.17) is 0 Å². The van der Waals surface area contributed by atoms with Gasteiger partial charge < -0.3 is 5.11 Å². The van der Waals surface area contributed by atoms with Crippen molar-refractivity contribution in [3.05, 3.63) is 28.5 Å². The maximum absolute atomic E-state index is 9.37. The molecule has 0 aliphatic rings. The van der Waals surface area contributed by atoms with Crippen LogP contribution in [0.15, 0.2) is 17.8 Å². The second-order valence-electron chi connectivity index (χ2n) is 3.24. The molecule has 1 unspecified atom stereocenters. The van der Waals surface area contributed by atoms with Gasteiger partial charge in [0.1, 0.15) is 22.5 Å². The molecule has 0 saturated heterocycles. The maximum Gasteiger partial charge on any atom is 0.122 e. The Morgan fingerprint density at radius 3 is 2.67 bits per heavy atom. The molecule has 15 heavy (non-hydrogen) atoms. The molecule has 2 aromatic rings. The molecular formula is C10H11N3OS. The molecule has 78 valence electrons. The van der Waals surface area contributed by atoms with Crippen molar-refractivity contribution in [1.29, 1.82) is 0 Å². The highest BCUT2D eigenvalue weighted by molar-refractivity contribution is 7.10. The van der Waals surface area contributed by atoms with Crippen LogP contribution in [0.5, 0.6) is 0 Å². The minimum atomic E-state index is -0.527. The SMILES string of the molecule is Cc1nccnc1-c1csc(C(C)O)n1. The minimum Gasteiger partial charge on any atom is -0.386 e. The van der Waals surface area contributed by atoms with Crippen LogP contribution < -0.4 is 0 Å². The monoisotopic (exact) mass is 221 g/mol. The van der Waals surface area contributed by atoms with Crippen LogP contribution >= 0.6 is 11.3 Å². The van der Waals surface area contributed by atoms with E-state index in [0.29, 0.717) is 5.01 Å². The first-order chi connectivity index (χ1) is 7.18. The summed E-state index contributed by atoms with van der Waals surface area (Å²) in [4.78, 5) is 12.7. The number of nitrogens with zero attached hydrogens (tertiary/aromatic N) is 3. The van der Waals surface area contributed by atoms with Gasteiger partial charge in [0.2, 0.25) is 0 Å². The fourth-order valence-corrected chi connectivity index (χ4v) is 1.99. The van der Waals surface area contributed by atoms with E-state index in [-0.39, 0.29) is 0 Å². The van der Waals surface area contributed by atoms with Crippen LogP contribution in [-0.2, 0) is 0 Å². The quantitative estimate of drug-likeness (QED) is 0.842. The van der Waals surface area contributed by atoms with Gasteiger partial charge >= 0.3 is 0 Å². The highest BCUT2D eigenvalue weighted by Gasteiger charge is 2.11. The van der Waals surface area contributed by atoms with Gasteiger partial charge in [0.15, 0.2) is 0 Å². The van der Waals surface area contributed by atoms with Gasteiger partial charge in [-0.15, -0.1) is 11.3 Å². The molecule has 0 spiro atoms. The van der Waals surface area contributed by atoms with Crippen LogP contribution in [0.1, 0.15) is 23.7 Å². The van der Waals surface area contributed by atoms with Crippen LogP contribution in [0.4, 0.5) is 0 Å². The lowest BCUT2D eigenvalue weighted by Gasteiger charge is -1.99. The van der Waals surface area contributed by atoms with Gasteiger partial charge in [-0.1, -0.05) is 0 Å². The first-order valence-corrected chi connectivity index (χ1v) is 5.48. The van der Waals surface area contributed by atoms with Crippen molar-refractivity contribution in [2.24, 2.45) is 0 Å². The molecule has 0 aliphatic heterocycles. The van der Waals surface area contributed by atoms with Gasteiger partial charge in [0.25, 0.3) is 0 Å². The van der Waals surface area contributed by atoms with Gasteiger partial charge in [0.05, 0.1) is 5.69 Å². The second-order valence-corrected chi connectivity index (χ2v) is 4.13. The third kappa shape index (κ3) is 2.03. The summed E-state index contributed by atoms with van der Waals surface area (Å²) in [5.41, 5.74) is 2.40. The number of hydrogen-bond donors (Lipinski definition) is 1. The topological polar surface area (TPSA) is 58.9 Å². The Morgan fingerprint density at radius 2 is 2.07 bits per heavy atom. The Labute approximate surface area is 91.7 Å². The predicted molar refractivity (Wildman–Crippen MR) is 58.5 cm³/mol. The largest absolute Gasteiger partial charge is 0.386 e. The first-order valence-electron chi connectivity index (χ1n) is 4.60. The Hall–Kier alpha value is -1.33. The van der Waals surface area contributed by atoms with E-state index in [0.717, 1.165) is 17.1 Å². The zero-order valence-electron chi connectivity index (χ0n) is 8.51. The third-order valence-corrected chi connectivity index (χ3v) is 3.02. The van der Waals surface area contributed by atoms with Crippen molar-refractivity contribution < 1.29 is 5.11 Å². The molecule has 0 fully saturated rings. The summed E-state index contributed by atoms with van der Waals surface area (Å²) in [6.07, 6.45) is 2.77. The van der Waals surface area contributed by atoms with E-state index in [1.165, 1.54) is 11.3 Å². The summed E-state index contributed by atoms with van der Waals surface area (Å²) >= 11 is 1.43. The predicted octanol–water partition coefficient (Wildman–Crippen LogP) is 1.96. The van der Waals surface area contributed by atoms with Gasteiger partial charge in [-0.25, -0.2) is 4.98 Å². The van der Waals surface area contributed by atoms with Crippen LogP contribution in [0.2, 0.25) is 0 Å². The van der Waals surface area contributed by atoms with Gasteiger partial charge in [-0.05, 0) is 13.8 Å². The van der Waals surface area contributed by atoms with Crippen LogP contribution in [-0.4, -0.2) is 20.1 Å². The molecule has 0 aliphatic carbocycles. The molecule has 0 radical (unpaired) electrons. The molecular weight excluding hydrogens is 210 g/mol. The summed E-state index contributed by atoms with van der Waals surface area (Å²) in [6, 6.07) is 0. The lowest BCUT2D eigenvalue weighted by molar-refractivity contribution is 0.199. The number of aromatic nitrogens is 3. The Morgan fingerprint density at radius 1 is 1.33 bits per heavy atom. The highest BCUT2D eigenvalue weighted by atomic mass is 32.1. The smallest absolute Gasteiger partial charge is 0.122 e. The standard InChI is InChI=1S/C10H11N3OS/c1-6-9(12-4-3-11-6)8-5-15-10(13-8)7(2)14/h3-5,7,14H,1-2H3. The zero-order chi connectivity index (χ0) is 10.8. The van der Waals surface area contributed by atoms with E-state index in [2.05, 4.69) is 15.0 Å². The molecule has 0 amide bonds. The van der Waals surface area contributed by atoms with E-state index < -0.39 is 6.10 Å². The normalized spacial score (nSPS) is 12.7. The molecule has 4 nitrogen and oxygen atoms in total. The molecule has 1 atom stereocenters. The highest BCUT2D eigenvalue weighted by Crippen LogP contribution is 2.24. The number of aliphatic hydroxyl groups excluding tert-OH is 1. The number of rotatable bonds is 2. The molecule has 1 N–H and O–H groups in total. The third-order valence-electron chi connectivity index (χ3n) is 2.00. The molecule has 5 heteroatoms. The first kappa shape index (κ1) is 10.2. The summed E-state index contributed by atoms with van der Waals surface area (Å²) in [5.74, 6) is 0. The molecule has 0 aromatic carbocycles. The van der Waals surface area contributed by atoms with Crippen LogP contribution in [0.3, 0.4) is 0 Å². The van der Waals surface area contributed by atoms with Crippen molar-refractivity contribution in [3.8, 4) is 11.4 Å². The average Bonchev–Trinajstić information content (AvgIpc) is 2.67. The van der Waals surface area contributed by atoms with Crippen molar-refractivity contribution in [2.75, 3.05) is 0 Å². The van der Waals surface area contributed by atoms with Crippen LogP contribution in [0.25, 0.3) is 11.4 Å². The van der Waals surface area contributed by atoms with Gasteiger partial charge in [-0.2, -0.15) is 0 Å². The molecule has 0 saturated carbocycles. The average molecular weight is 221 g/mol. The van der Waals surface area contributed by atoms with Crippen molar-refractivity contribution in [3.63, 3.8) is 0 Å². The molecule has 2 heterocycles. The molecule has 0 bridgehead atoms. The van der Waals surface area contributed by atoms with Crippen molar-refractivity contribution in [2.45, 2.75) is 20.0 Å². The lowest BCUT2D eigenvalue weighted by atomic mass is 10.2. The summed E-state index contributed by atoms with van der Waals surface area (Å²) in [7, 11) is 0. The van der Waals surface area contributed by atoms with Gasteiger partial charge in [-0.3, -0.25) is 9.97 Å². The minimum absolute atomic E-state index is 0.527. The second kappa shape index (κ2) is 4.04. The van der Waals surface area contributed by atoms with Crippen LogP contribution in [0, 0.1) is 6.92 Å². The molecule has 2 rings (SSSR count). The van der Waals surface area contributed by atoms with Crippen molar-refractivity contribution in [1.82, 2.24) is 15.0 Å². The van der Waals surface area contributed by atoms with E-state index >= 15 is 0 Å². The number of hydrogen-bond acceptors (Lipinski definition) is 5. The van der Waals surface area contributed by atoms with Crippen molar-refractivity contribution >= 4 is 11.3 Å². The van der Waals surface area contributed by atoms with E-state index in [1.807, 2.05) is 12.3 Å². The number of thiazole rings is 1. The maximum atomic E-state index is 9.37. The van der Waals surface area contributed by atoms with E-state index in [1.54, 1.807) is 19.3 Å². The summed E-state index contributed by atoms with van der Waals surface area (Å²) in [6.45, 7) is 3.59. The Kier molecular flexibility index (Phi) is 2.75. The van der Waals surface area contributed by atoms with E-state index in [9.17, 15) is 5.11 Å². The Bertz CT molecular complexity index is 467. The fourth-order valence-electron chi connectivity index (χ4n) is 1.25. The summed E-state index contributed by atoms with van der Waals surface area (Å²) in [5, 5.41) is 12.0. The number of aliphatic hydroxyl groups is 1.